The summed E-state index contributed by atoms with van der Waals surface area (Å²) < 4.78 is 29.8. The van der Waals surface area contributed by atoms with E-state index in [0.29, 0.717) is 0 Å². The second-order valence-corrected chi connectivity index (χ2v) is 10.7. The topological polar surface area (TPSA) is 149 Å². The monoisotopic (exact) mass is 567 g/mol. The third kappa shape index (κ3) is 7.32. The van der Waals surface area contributed by atoms with Gasteiger partial charge in [0.2, 0.25) is 0 Å². The Morgan fingerprint density at radius 3 is 2.24 bits per heavy atom. The maximum Gasteiger partial charge on any atom is 0.379 e. The van der Waals surface area contributed by atoms with Crippen molar-refractivity contribution in [2.24, 2.45) is 22.9 Å². The second-order valence-electron chi connectivity index (χ2n) is 10.7. The van der Waals surface area contributed by atoms with Gasteiger partial charge in [-0.1, -0.05) is 86.5 Å². The summed E-state index contributed by atoms with van der Waals surface area (Å²) >= 11 is 0. The molecule has 2 heterocycles. The first-order valence-corrected chi connectivity index (χ1v) is 13.8. The quantitative estimate of drug-likeness (QED) is 0.111. The maximum atomic E-state index is 12.5. The highest BCUT2D eigenvalue weighted by atomic mass is 16.7. The van der Waals surface area contributed by atoms with E-state index >= 15 is 0 Å². The van der Waals surface area contributed by atoms with Crippen LogP contribution in [0.2, 0.25) is 0 Å². The van der Waals surface area contributed by atoms with Crippen LogP contribution in [0.3, 0.4) is 0 Å². The van der Waals surface area contributed by atoms with Crippen LogP contribution in [0, 0.1) is 17.8 Å². The number of aliphatic hydroxyl groups excluding tert-OH is 1. The third-order valence-corrected chi connectivity index (χ3v) is 8.04. The molecule has 2 aromatic carbocycles. The highest BCUT2D eigenvalue weighted by Crippen LogP contribution is 2.37. The molecule has 4 unspecified atom stereocenters. The molecule has 2 aliphatic rings. The minimum Gasteiger partial charge on any atom is -0.457 e. The van der Waals surface area contributed by atoms with E-state index in [9.17, 15) is 20.2 Å². The molecule has 0 spiro atoms. The molecule has 2 aliphatic heterocycles. The number of esters is 1. The molecule has 2 fully saturated rings. The van der Waals surface area contributed by atoms with Gasteiger partial charge in [-0.05, 0) is 29.9 Å². The van der Waals surface area contributed by atoms with E-state index in [0.717, 1.165) is 5.56 Å². The van der Waals surface area contributed by atoms with E-state index < -0.39 is 54.8 Å². The van der Waals surface area contributed by atoms with Crippen molar-refractivity contribution in [2.75, 3.05) is 6.61 Å². The number of Topliss-reactive ketones (excluding diaryl/α,β-unsaturated/α-hetero) is 1. The normalized spacial score (nSPS) is 33.4. The van der Waals surface area contributed by atoms with Crippen LogP contribution in [0.4, 0.5) is 0 Å². The molecule has 0 bridgehead atoms. The summed E-state index contributed by atoms with van der Waals surface area (Å²) in [4.78, 5) is 27.9. The zero-order chi connectivity index (χ0) is 29.5. The number of carbonyl (C=O) groups excluding carboxylic acids is 2. The molecule has 11 heteroatoms. The van der Waals surface area contributed by atoms with E-state index in [1.54, 1.807) is 37.3 Å². The Labute approximate surface area is 239 Å². The summed E-state index contributed by atoms with van der Waals surface area (Å²) in [6, 6.07) is 17.1. The standard InChI is InChI=1S/C30H37N3O8/c1-17-18(2)24(32-33-31)30(40-23(17)16-38-28(35)25(34)22-13-9-6-10-14-22)41-26-19(3)27(29(36)39-20(26)4)37-15-21-11-7-5-8-12-21/h5-14,17-20,23-24,26-27,29-30,36H,15-16H2,1-4H3/t17-,18-,19-,20?,23?,24?,26-,27-,29?,30-/m0/s1. The summed E-state index contributed by atoms with van der Waals surface area (Å²) in [5.41, 5.74) is 10.5. The highest BCUT2D eigenvalue weighted by molar-refractivity contribution is 6.40. The summed E-state index contributed by atoms with van der Waals surface area (Å²) in [6.45, 7) is 7.59. The molecular weight excluding hydrogens is 530 g/mol. The molecule has 2 aromatic rings. The first-order valence-electron chi connectivity index (χ1n) is 13.8. The van der Waals surface area contributed by atoms with Gasteiger partial charge < -0.3 is 28.8 Å². The van der Waals surface area contributed by atoms with Crippen molar-refractivity contribution in [3.05, 3.63) is 82.2 Å². The Morgan fingerprint density at radius 2 is 1.59 bits per heavy atom. The molecule has 0 saturated carbocycles. The summed E-state index contributed by atoms with van der Waals surface area (Å²) in [6.07, 6.45) is -4.56. The van der Waals surface area contributed by atoms with Crippen LogP contribution in [-0.4, -0.2) is 66.5 Å². The Balaban J connectivity index is 1.45. The van der Waals surface area contributed by atoms with Crippen molar-refractivity contribution in [1.82, 2.24) is 0 Å². The third-order valence-electron chi connectivity index (χ3n) is 8.04. The number of ether oxygens (including phenoxy) is 5. The molecule has 1 N–H and O–H groups in total. The molecule has 0 radical (unpaired) electrons. The largest absolute Gasteiger partial charge is 0.457 e. The van der Waals surface area contributed by atoms with Gasteiger partial charge >= 0.3 is 5.97 Å². The smallest absolute Gasteiger partial charge is 0.379 e. The number of aliphatic hydroxyl groups is 1. The molecule has 0 amide bonds. The van der Waals surface area contributed by atoms with E-state index in [1.807, 2.05) is 51.1 Å². The van der Waals surface area contributed by atoms with E-state index in [-0.39, 0.29) is 36.5 Å². The Hall–Kier alpha value is -3.31. The van der Waals surface area contributed by atoms with Crippen LogP contribution in [0.15, 0.2) is 65.8 Å². The van der Waals surface area contributed by atoms with Crippen molar-refractivity contribution in [3.8, 4) is 0 Å². The molecule has 0 aliphatic carbocycles. The zero-order valence-corrected chi connectivity index (χ0v) is 23.6. The Morgan fingerprint density at radius 1 is 0.927 bits per heavy atom. The van der Waals surface area contributed by atoms with Gasteiger partial charge in [-0.15, -0.1) is 0 Å². The van der Waals surface area contributed by atoms with E-state index in [2.05, 4.69) is 10.0 Å². The molecule has 2 saturated heterocycles. The number of ketones is 1. The zero-order valence-electron chi connectivity index (χ0n) is 23.6. The fourth-order valence-electron chi connectivity index (χ4n) is 5.37. The number of benzene rings is 2. The van der Waals surface area contributed by atoms with Crippen molar-refractivity contribution in [1.29, 1.82) is 0 Å². The lowest BCUT2D eigenvalue weighted by atomic mass is 9.82. The number of hydrogen-bond donors (Lipinski definition) is 1. The van der Waals surface area contributed by atoms with Crippen molar-refractivity contribution < 1.29 is 38.4 Å². The number of rotatable bonds is 10. The average Bonchev–Trinajstić information content (AvgIpc) is 2.98. The molecule has 0 aromatic heterocycles. The van der Waals surface area contributed by atoms with Crippen LogP contribution in [0.5, 0.6) is 0 Å². The van der Waals surface area contributed by atoms with Gasteiger partial charge in [0.25, 0.3) is 5.78 Å². The molecule has 11 nitrogen and oxygen atoms in total. The van der Waals surface area contributed by atoms with Gasteiger partial charge in [0.05, 0.1) is 31.0 Å². The molecule has 10 atom stereocenters. The van der Waals surface area contributed by atoms with E-state index in [1.165, 1.54) is 0 Å². The van der Waals surface area contributed by atoms with Gasteiger partial charge in [0.15, 0.2) is 12.6 Å². The Bertz CT molecular complexity index is 1210. The molecular formula is C30H37N3O8. The van der Waals surface area contributed by atoms with Crippen LogP contribution in [0.25, 0.3) is 10.4 Å². The number of hydrogen-bond acceptors (Lipinski definition) is 9. The first kappa shape index (κ1) is 30.6. The number of carbonyl (C=O) groups is 2. The fraction of sp³-hybridized carbons (Fsp3) is 0.533. The van der Waals surface area contributed by atoms with Gasteiger partial charge in [0.1, 0.15) is 12.7 Å². The lowest BCUT2D eigenvalue weighted by Crippen LogP contribution is -2.58. The van der Waals surface area contributed by atoms with Crippen molar-refractivity contribution in [3.63, 3.8) is 0 Å². The highest BCUT2D eigenvalue weighted by Gasteiger charge is 2.48. The average molecular weight is 568 g/mol. The van der Waals surface area contributed by atoms with E-state index in [4.69, 9.17) is 23.7 Å². The predicted molar refractivity (Wildman–Crippen MR) is 147 cm³/mol. The van der Waals surface area contributed by atoms with Gasteiger partial charge in [-0.3, -0.25) is 4.79 Å². The lowest BCUT2D eigenvalue weighted by molar-refractivity contribution is -0.323. The fourth-order valence-corrected chi connectivity index (χ4v) is 5.37. The first-order chi connectivity index (χ1) is 19.7. The predicted octanol–water partition coefficient (Wildman–Crippen LogP) is 4.43. The summed E-state index contributed by atoms with van der Waals surface area (Å²) in [5.74, 6) is -2.44. The molecule has 4 rings (SSSR count). The second kappa shape index (κ2) is 14.0. The minimum atomic E-state index is -1.16. The Kier molecular flexibility index (Phi) is 10.5. The van der Waals surface area contributed by atoms with Gasteiger partial charge in [-0.2, -0.15) is 0 Å². The van der Waals surface area contributed by atoms with Crippen molar-refractivity contribution >= 4 is 11.8 Å². The molecule has 41 heavy (non-hydrogen) atoms. The van der Waals surface area contributed by atoms with Crippen LogP contribution < -0.4 is 0 Å². The summed E-state index contributed by atoms with van der Waals surface area (Å²) in [5, 5.41) is 14.6. The SMILES string of the molecule is CC1OC(O)[C@@H](OCc2ccccc2)[C@@H](C)[C@@H]1O[C@@H]1OC(COC(=O)C(=O)c2ccccc2)[C@@H](C)[C@H](C)C1N=[N+]=[N-]. The van der Waals surface area contributed by atoms with Crippen LogP contribution >= 0.6 is 0 Å². The van der Waals surface area contributed by atoms with Crippen LogP contribution in [-0.2, 0) is 35.1 Å². The maximum absolute atomic E-state index is 12.5. The van der Waals surface area contributed by atoms with Gasteiger partial charge in [-0.25, -0.2) is 4.79 Å². The summed E-state index contributed by atoms with van der Waals surface area (Å²) in [7, 11) is 0. The minimum absolute atomic E-state index is 0.181. The lowest BCUT2D eigenvalue weighted by Gasteiger charge is -2.47. The van der Waals surface area contributed by atoms with Crippen molar-refractivity contribution in [2.45, 2.75) is 77.3 Å². The number of nitrogens with zero attached hydrogens (tertiary/aromatic N) is 3. The molecule has 220 valence electrons. The van der Waals surface area contributed by atoms with Crippen LogP contribution in [0.1, 0.15) is 43.6 Å². The van der Waals surface area contributed by atoms with Gasteiger partial charge in [0, 0.05) is 16.4 Å². The number of azide groups is 1.